The highest BCUT2D eigenvalue weighted by Crippen LogP contribution is 2.38. The van der Waals surface area contributed by atoms with Crippen LogP contribution in [0.25, 0.3) is 0 Å². The number of nitrogens with zero attached hydrogens (tertiary/aromatic N) is 3. The molecule has 19 heavy (non-hydrogen) atoms. The van der Waals surface area contributed by atoms with Crippen LogP contribution in [0.4, 0.5) is 11.4 Å². The van der Waals surface area contributed by atoms with E-state index in [9.17, 15) is 8.42 Å². The second-order valence-electron chi connectivity index (χ2n) is 3.76. The maximum absolute atomic E-state index is 12.5. The molecule has 0 saturated heterocycles. The summed E-state index contributed by atoms with van der Waals surface area (Å²) in [4.78, 5) is 0.106. The van der Waals surface area contributed by atoms with Gasteiger partial charge in [-0.1, -0.05) is 12.1 Å². The van der Waals surface area contributed by atoms with Gasteiger partial charge in [-0.2, -0.15) is 13.0 Å². The minimum atomic E-state index is -3.72. The number of aliphatic hydroxyl groups excluding tert-OH is 1. The Kier molecular flexibility index (Phi) is 4.25. The third kappa shape index (κ3) is 2.66. The number of hydrogen-bond donors (Lipinski definition) is 1. The molecule has 1 heterocycles. The first-order chi connectivity index (χ1) is 9.11. The van der Waals surface area contributed by atoms with E-state index in [1.165, 1.54) is 12.1 Å². The summed E-state index contributed by atoms with van der Waals surface area (Å²) in [5, 5.41) is 8.98. The Hall–Kier alpha value is -1.35. The second-order valence-corrected chi connectivity index (χ2v) is 6.20. The van der Waals surface area contributed by atoms with E-state index in [4.69, 9.17) is 5.11 Å². The molecule has 1 aliphatic rings. The molecular weight excluding hydrogens is 286 g/mol. The molecule has 0 amide bonds. The van der Waals surface area contributed by atoms with Crippen LogP contribution in [0.2, 0.25) is 0 Å². The van der Waals surface area contributed by atoms with Gasteiger partial charge in [-0.05, 0) is 12.1 Å². The number of rotatable bonds is 6. The summed E-state index contributed by atoms with van der Waals surface area (Å²) in [7, 11) is -3.72. The lowest BCUT2D eigenvalue weighted by Crippen LogP contribution is -2.33. The molecule has 0 unspecified atom stereocenters. The van der Waals surface area contributed by atoms with Gasteiger partial charge in [-0.25, -0.2) is 8.42 Å². The zero-order chi connectivity index (χ0) is 13.9. The highest BCUT2D eigenvalue weighted by molar-refractivity contribution is 7.89. The summed E-state index contributed by atoms with van der Waals surface area (Å²) in [5.74, 6) is 0. The fourth-order valence-electron chi connectivity index (χ4n) is 1.69. The molecule has 1 N–H and O–H groups in total. The summed E-state index contributed by atoms with van der Waals surface area (Å²) >= 11 is 0.969. The zero-order valence-corrected chi connectivity index (χ0v) is 11.7. The summed E-state index contributed by atoms with van der Waals surface area (Å²) in [6.45, 7) is 3.43. The van der Waals surface area contributed by atoms with Crippen LogP contribution in [0.5, 0.6) is 0 Å². The van der Waals surface area contributed by atoms with Crippen LogP contribution in [0, 0.1) is 0 Å². The van der Waals surface area contributed by atoms with Crippen LogP contribution in [0.3, 0.4) is 0 Å². The first-order valence-electron chi connectivity index (χ1n) is 5.54. The van der Waals surface area contributed by atoms with Gasteiger partial charge in [0.1, 0.15) is 16.3 Å². The van der Waals surface area contributed by atoms with Crippen molar-refractivity contribution in [1.29, 1.82) is 0 Å². The molecule has 6 nitrogen and oxygen atoms in total. The Morgan fingerprint density at radius 1 is 1.42 bits per heavy atom. The zero-order valence-electron chi connectivity index (χ0n) is 10.1. The van der Waals surface area contributed by atoms with Gasteiger partial charge >= 0.3 is 0 Å². The van der Waals surface area contributed by atoms with Crippen molar-refractivity contribution < 1.29 is 13.5 Å². The third-order valence-corrected chi connectivity index (χ3v) is 4.99. The van der Waals surface area contributed by atoms with E-state index in [-0.39, 0.29) is 24.6 Å². The summed E-state index contributed by atoms with van der Waals surface area (Å²) in [6.07, 6.45) is 1.48. The van der Waals surface area contributed by atoms with Gasteiger partial charge in [0.15, 0.2) is 0 Å². The molecule has 1 aromatic rings. The molecule has 8 heteroatoms. The summed E-state index contributed by atoms with van der Waals surface area (Å²) in [6, 6.07) is 4.83. The van der Waals surface area contributed by atoms with Crippen LogP contribution in [0.1, 0.15) is 0 Å². The van der Waals surface area contributed by atoms with Gasteiger partial charge in [0.25, 0.3) is 0 Å². The minimum Gasteiger partial charge on any atom is -0.395 e. The van der Waals surface area contributed by atoms with Gasteiger partial charge in [-0.15, -0.1) is 6.58 Å². The van der Waals surface area contributed by atoms with E-state index in [0.717, 1.165) is 15.7 Å². The number of aliphatic hydroxyl groups is 1. The van der Waals surface area contributed by atoms with Crippen LogP contribution >= 0.6 is 0 Å². The molecule has 2 rings (SSSR count). The fourth-order valence-corrected chi connectivity index (χ4v) is 3.85. The quantitative estimate of drug-likeness (QED) is 0.822. The van der Waals surface area contributed by atoms with Crippen LogP contribution in [-0.2, 0) is 21.4 Å². The molecule has 1 aromatic carbocycles. The largest absolute Gasteiger partial charge is 0.395 e. The van der Waals surface area contributed by atoms with Crippen molar-refractivity contribution >= 4 is 32.8 Å². The molecule has 0 saturated carbocycles. The Morgan fingerprint density at radius 3 is 2.89 bits per heavy atom. The van der Waals surface area contributed by atoms with E-state index >= 15 is 0 Å². The highest BCUT2D eigenvalue weighted by atomic mass is 32.2. The number of benzene rings is 1. The second kappa shape index (κ2) is 5.74. The Labute approximate surface area is 115 Å². The molecule has 0 bridgehead atoms. The molecule has 0 fully saturated rings. The van der Waals surface area contributed by atoms with Gasteiger partial charge < -0.3 is 5.11 Å². The van der Waals surface area contributed by atoms with Gasteiger partial charge in [-0.3, -0.25) is 0 Å². The SMILES string of the molecule is C=CCN(CCO)S(=O)(=O)c1cccc2c1N=S=N2. The van der Waals surface area contributed by atoms with Crippen LogP contribution < -0.4 is 0 Å². The lowest BCUT2D eigenvalue weighted by Gasteiger charge is -2.20. The van der Waals surface area contributed by atoms with Gasteiger partial charge in [0.05, 0.1) is 18.0 Å². The average molecular weight is 299 g/mol. The third-order valence-electron chi connectivity index (χ3n) is 2.55. The number of sulfonamides is 1. The molecule has 0 aliphatic carbocycles. The van der Waals surface area contributed by atoms with Crippen molar-refractivity contribution in [1.82, 2.24) is 4.31 Å². The molecule has 1 aliphatic heterocycles. The predicted molar refractivity (Wildman–Crippen MR) is 74.0 cm³/mol. The Bertz CT molecular complexity index is 664. The molecule has 102 valence electrons. The van der Waals surface area contributed by atoms with Gasteiger partial charge in [0.2, 0.25) is 10.0 Å². The monoisotopic (exact) mass is 299 g/mol. The Balaban J connectivity index is 2.48. The first kappa shape index (κ1) is 14.1. The lowest BCUT2D eigenvalue weighted by atomic mass is 10.3. The Morgan fingerprint density at radius 2 is 2.21 bits per heavy atom. The average Bonchev–Trinajstić information content (AvgIpc) is 2.86. The topological polar surface area (TPSA) is 82.3 Å². The smallest absolute Gasteiger partial charge is 0.245 e. The summed E-state index contributed by atoms with van der Waals surface area (Å²) < 4.78 is 34.3. The maximum Gasteiger partial charge on any atom is 0.245 e. The van der Waals surface area contributed by atoms with E-state index in [1.54, 1.807) is 12.1 Å². The molecule has 0 radical (unpaired) electrons. The first-order valence-corrected chi connectivity index (χ1v) is 7.71. The minimum absolute atomic E-state index is 0.0162. The lowest BCUT2D eigenvalue weighted by molar-refractivity contribution is 0.260. The van der Waals surface area contributed by atoms with Crippen molar-refractivity contribution in [3.05, 3.63) is 30.9 Å². The molecule has 0 aromatic heterocycles. The standard InChI is InChI=1S/C11H13N3O3S2/c1-2-6-14(7-8-15)19(16,17)10-5-3-4-9-11(10)13-18-12-9/h2-5,15H,1,6-8H2. The summed E-state index contributed by atoms with van der Waals surface area (Å²) in [5.41, 5.74) is 0.910. The van der Waals surface area contributed by atoms with Crippen molar-refractivity contribution in [3.8, 4) is 0 Å². The van der Waals surface area contributed by atoms with E-state index in [2.05, 4.69) is 15.3 Å². The molecule has 0 spiro atoms. The van der Waals surface area contributed by atoms with Crippen molar-refractivity contribution in [2.45, 2.75) is 4.90 Å². The highest BCUT2D eigenvalue weighted by Gasteiger charge is 2.28. The number of hydrogen-bond acceptors (Lipinski definition) is 5. The van der Waals surface area contributed by atoms with Crippen molar-refractivity contribution in [2.24, 2.45) is 8.73 Å². The van der Waals surface area contributed by atoms with E-state index < -0.39 is 10.0 Å². The van der Waals surface area contributed by atoms with Crippen molar-refractivity contribution in [3.63, 3.8) is 0 Å². The number of fused-ring (bicyclic) bond motifs is 1. The maximum atomic E-state index is 12.5. The molecular formula is C11H13N3O3S2. The fraction of sp³-hybridized carbons (Fsp3) is 0.273. The van der Waals surface area contributed by atoms with E-state index in [1.807, 2.05) is 0 Å². The van der Waals surface area contributed by atoms with Crippen molar-refractivity contribution in [2.75, 3.05) is 19.7 Å². The normalized spacial score (nSPS) is 13.4. The molecule has 0 atom stereocenters. The van der Waals surface area contributed by atoms with Crippen LogP contribution in [-0.4, -0.2) is 37.5 Å². The van der Waals surface area contributed by atoms with Crippen LogP contribution in [0.15, 0.2) is 44.5 Å². The van der Waals surface area contributed by atoms with E-state index in [0.29, 0.717) is 11.4 Å². The predicted octanol–water partition coefficient (Wildman–Crippen LogP) is 1.58. The van der Waals surface area contributed by atoms with Gasteiger partial charge in [0, 0.05) is 13.1 Å².